The van der Waals surface area contributed by atoms with Gasteiger partial charge in [-0.1, -0.05) is 6.07 Å². The third kappa shape index (κ3) is 5.00. The number of ether oxygens (including phenoxy) is 1. The quantitative estimate of drug-likeness (QED) is 0.828. The molecule has 0 spiro atoms. The molecule has 0 unspecified atom stereocenters. The molecule has 1 aromatic heterocycles. The van der Waals surface area contributed by atoms with E-state index in [1.165, 1.54) is 11.1 Å². The van der Waals surface area contributed by atoms with E-state index in [0.29, 0.717) is 11.7 Å². The van der Waals surface area contributed by atoms with E-state index >= 15 is 0 Å². The average molecular weight is 315 g/mol. The van der Waals surface area contributed by atoms with Crippen molar-refractivity contribution in [1.29, 1.82) is 0 Å². The zero-order chi connectivity index (χ0) is 15.9. The van der Waals surface area contributed by atoms with Crippen molar-refractivity contribution in [3.05, 3.63) is 53.9 Å². The number of nitrogens with one attached hydrogen (secondary N) is 2. The Morgan fingerprint density at radius 1 is 1.18 bits per heavy atom. The Morgan fingerprint density at radius 2 is 1.91 bits per heavy atom. The summed E-state index contributed by atoms with van der Waals surface area (Å²) in [6.07, 6.45) is 3.44. The fourth-order valence-corrected chi connectivity index (χ4v) is 2.21. The molecule has 0 radical (unpaired) electrons. The van der Waals surface area contributed by atoms with Crippen molar-refractivity contribution in [2.75, 3.05) is 11.9 Å². The highest BCUT2D eigenvalue weighted by atomic mass is 32.1. The van der Waals surface area contributed by atoms with Crippen molar-refractivity contribution in [2.24, 2.45) is 0 Å². The van der Waals surface area contributed by atoms with Gasteiger partial charge in [0.1, 0.15) is 12.4 Å². The summed E-state index contributed by atoms with van der Waals surface area (Å²) in [5.74, 6) is 0.879. The molecule has 2 N–H and O–H groups in total. The predicted octanol–water partition coefficient (Wildman–Crippen LogP) is 3.45. The number of aryl methyl sites for hydroxylation is 2. The monoisotopic (exact) mass is 315 g/mol. The molecule has 0 saturated heterocycles. The number of thiocarbonyl (C=S) groups is 1. The summed E-state index contributed by atoms with van der Waals surface area (Å²) < 4.78 is 5.79. The van der Waals surface area contributed by atoms with Crippen LogP contribution >= 0.6 is 12.2 Å². The molecule has 1 aromatic carbocycles. The fourth-order valence-electron chi connectivity index (χ4n) is 1.89. The van der Waals surface area contributed by atoms with Gasteiger partial charge in [0.15, 0.2) is 5.11 Å². The Hall–Kier alpha value is -2.14. The smallest absolute Gasteiger partial charge is 0.171 e. The number of pyridine rings is 1. The summed E-state index contributed by atoms with van der Waals surface area (Å²) in [6.45, 7) is 6.74. The molecule has 116 valence electrons. The minimum atomic E-state index is 0.100. The van der Waals surface area contributed by atoms with Crippen LogP contribution in [0.5, 0.6) is 5.75 Å². The second-order valence-corrected chi connectivity index (χ2v) is 5.70. The van der Waals surface area contributed by atoms with E-state index in [0.717, 1.165) is 11.4 Å². The van der Waals surface area contributed by atoms with E-state index in [1.54, 1.807) is 12.4 Å². The van der Waals surface area contributed by atoms with Gasteiger partial charge in [0.2, 0.25) is 0 Å². The largest absolute Gasteiger partial charge is 0.491 e. The van der Waals surface area contributed by atoms with Gasteiger partial charge in [-0.05, 0) is 68.4 Å². The summed E-state index contributed by atoms with van der Waals surface area (Å²) in [7, 11) is 0. The second kappa shape index (κ2) is 7.75. The molecule has 1 heterocycles. The molecule has 0 aliphatic rings. The maximum Gasteiger partial charge on any atom is 0.171 e. The maximum atomic E-state index is 5.79. The number of rotatable bonds is 5. The highest BCUT2D eigenvalue weighted by Gasteiger charge is 2.06. The molecular formula is C17H21N3OS. The highest BCUT2D eigenvalue weighted by Crippen LogP contribution is 2.16. The Bertz CT molecular complexity index is 631. The summed E-state index contributed by atoms with van der Waals surface area (Å²) in [5.41, 5.74) is 3.41. The Labute approximate surface area is 136 Å². The SMILES string of the molecule is Cc1ccc(OC[C@@H](C)NC(=S)Nc2ccncc2)cc1C. The third-order valence-electron chi connectivity index (χ3n) is 3.29. The van der Waals surface area contributed by atoms with Crippen LogP contribution < -0.4 is 15.4 Å². The van der Waals surface area contributed by atoms with Crippen molar-refractivity contribution in [3.8, 4) is 5.75 Å². The summed E-state index contributed by atoms with van der Waals surface area (Å²) in [4.78, 5) is 3.97. The number of hydrogen-bond donors (Lipinski definition) is 2. The first-order chi connectivity index (χ1) is 10.5. The number of anilines is 1. The van der Waals surface area contributed by atoms with Gasteiger partial charge >= 0.3 is 0 Å². The molecular weight excluding hydrogens is 294 g/mol. The van der Waals surface area contributed by atoms with Gasteiger partial charge < -0.3 is 15.4 Å². The number of aromatic nitrogens is 1. The number of benzene rings is 1. The van der Waals surface area contributed by atoms with Crippen LogP contribution in [0, 0.1) is 13.8 Å². The van der Waals surface area contributed by atoms with Gasteiger partial charge in [-0.2, -0.15) is 0 Å². The highest BCUT2D eigenvalue weighted by molar-refractivity contribution is 7.80. The van der Waals surface area contributed by atoms with Crippen molar-refractivity contribution >= 4 is 23.0 Å². The zero-order valence-corrected chi connectivity index (χ0v) is 13.9. The lowest BCUT2D eigenvalue weighted by molar-refractivity contribution is 0.287. The van der Waals surface area contributed by atoms with Crippen LogP contribution in [0.4, 0.5) is 5.69 Å². The topological polar surface area (TPSA) is 46.2 Å². The van der Waals surface area contributed by atoms with Crippen LogP contribution in [0.15, 0.2) is 42.7 Å². The summed E-state index contributed by atoms with van der Waals surface area (Å²) in [6, 6.07) is 9.94. The predicted molar refractivity (Wildman–Crippen MR) is 94.5 cm³/mol. The van der Waals surface area contributed by atoms with E-state index in [2.05, 4.69) is 41.6 Å². The molecule has 1 atom stereocenters. The van der Waals surface area contributed by atoms with Gasteiger partial charge in [0, 0.05) is 18.1 Å². The Kier molecular flexibility index (Phi) is 5.72. The molecule has 5 heteroatoms. The molecule has 0 saturated carbocycles. The lowest BCUT2D eigenvalue weighted by Gasteiger charge is -2.18. The Balaban J connectivity index is 1.78. The molecule has 2 aromatic rings. The average Bonchev–Trinajstić information content (AvgIpc) is 2.49. The van der Waals surface area contributed by atoms with Crippen LogP contribution in [0.1, 0.15) is 18.1 Å². The van der Waals surface area contributed by atoms with Crippen LogP contribution in [0.25, 0.3) is 0 Å². The van der Waals surface area contributed by atoms with Crippen LogP contribution in [0.2, 0.25) is 0 Å². The minimum absolute atomic E-state index is 0.100. The van der Waals surface area contributed by atoms with Gasteiger partial charge in [0.05, 0.1) is 6.04 Å². The van der Waals surface area contributed by atoms with E-state index in [9.17, 15) is 0 Å². The maximum absolute atomic E-state index is 5.79. The normalized spacial score (nSPS) is 11.6. The van der Waals surface area contributed by atoms with Crippen molar-refractivity contribution in [2.45, 2.75) is 26.8 Å². The summed E-state index contributed by atoms with van der Waals surface area (Å²) in [5, 5.41) is 6.88. The van der Waals surface area contributed by atoms with Crippen LogP contribution in [-0.2, 0) is 0 Å². The van der Waals surface area contributed by atoms with Crippen molar-refractivity contribution in [3.63, 3.8) is 0 Å². The molecule has 4 nitrogen and oxygen atoms in total. The second-order valence-electron chi connectivity index (χ2n) is 5.29. The minimum Gasteiger partial charge on any atom is -0.491 e. The zero-order valence-electron chi connectivity index (χ0n) is 13.1. The molecule has 0 fully saturated rings. The molecule has 0 amide bonds. The van der Waals surface area contributed by atoms with Gasteiger partial charge in [-0.15, -0.1) is 0 Å². The first-order valence-corrected chi connectivity index (χ1v) is 7.63. The first kappa shape index (κ1) is 16.2. The summed E-state index contributed by atoms with van der Waals surface area (Å²) >= 11 is 5.28. The Morgan fingerprint density at radius 3 is 2.59 bits per heavy atom. The standard InChI is InChI=1S/C17H21N3OS/c1-12-4-5-16(10-13(12)2)21-11-14(3)19-17(22)20-15-6-8-18-9-7-15/h4-10,14H,11H2,1-3H3,(H2,18,19,20,22)/t14-/m1/s1. The molecule has 2 rings (SSSR count). The van der Waals surface area contributed by atoms with Crippen molar-refractivity contribution in [1.82, 2.24) is 10.3 Å². The van der Waals surface area contributed by atoms with E-state index < -0.39 is 0 Å². The van der Waals surface area contributed by atoms with E-state index in [1.807, 2.05) is 25.1 Å². The van der Waals surface area contributed by atoms with Crippen LogP contribution in [-0.4, -0.2) is 22.7 Å². The van der Waals surface area contributed by atoms with E-state index in [4.69, 9.17) is 17.0 Å². The molecule has 0 aliphatic carbocycles. The molecule has 22 heavy (non-hydrogen) atoms. The first-order valence-electron chi connectivity index (χ1n) is 7.22. The third-order valence-corrected chi connectivity index (χ3v) is 3.51. The van der Waals surface area contributed by atoms with Gasteiger partial charge in [0.25, 0.3) is 0 Å². The molecule has 0 aliphatic heterocycles. The van der Waals surface area contributed by atoms with Crippen molar-refractivity contribution < 1.29 is 4.74 Å². The lowest BCUT2D eigenvalue weighted by Crippen LogP contribution is -2.39. The van der Waals surface area contributed by atoms with Crippen LogP contribution in [0.3, 0.4) is 0 Å². The fraction of sp³-hybridized carbons (Fsp3) is 0.294. The van der Waals surface area contributed by atoms with Gasteiger partial charge in [-0.3, -0.25) is 4.98 Å². The lowest BCUT2D eigenvalue weighted by atomic mass is 10.1. The number of nitrogens with zero attached hydrogens (tertiary/aromatic N) is 1. The van der Waals surface area contributed by atoms with Gasteiger partial charge in [-0.25, -0.2) is 0 Å². The number of hydrogen-bond acceptors (Lipinski definition) is 3. The molecule has 0 bridgehead atoms. The van der Waals surface area contributed by atoms with E-state index in [-0.39, 0.29) is 6.04 Å².